The van der Waals surface area contributed by atoms with Gasteiger partial charge in [-0.1, -0.05) is 27.4 Å². The molecule has 3 atom stereocenters. The topological polar surface area (TPSA) is 46.5 Å². The van der Waals surface area contributed by atoms with Crippen LogP contribution >= 0.6 is 0 Å². The highest BCUT2D eigenvalue weighted by Gasteiger charge is 2.61. The minimum absolute atomic E-state index is 0.147. The van der Waals surface area contributed by atoms with Crippen LogP contribution in [0.4, 0.5) is 0 Å². The van der Waals surface area contributed by atoms with Gasteiger partial charge >= 0.3 is 5.97 Å². The van der Waals surface area contributed by atoms with E-state index in [1.54, 1.807) is 0 Å². The molecule has 17 heavy (non-hydrogen) atoms. The molecule has 2 bridgehead atoms. The van der Waals surface area contributed by atoms with Crippen molar-refractivity contribution in [2.24, 2.45) is 16.7 Å². The smallest absolute Gasteiger partial charge is 0.333 e. The quantitative estimate of drug-likeness (QED) is 0.766. The first-order chi connectivity index (χ1) is 7.79. The Kier molecular flexibility index (Phi) is 2.85. The van der Waals surface area contributed by atoms with Gasteiger partial charge in [0.05, 0.1) is 18.3 Å². The molecule has 0 saturated heterocycles. The monoisotopic (exact) mass is 238 g/mol. The van der Waals surface area contributed by atoms with E-state index in [-0.39, 0.29) is 23.7 Å². The zero-order valence-electron chi connectivity index (χ0n) is 11.0. The van der Waals surface area contributed by atoms with E-state index in [2.05, 4.69) is 27.4 Å². The second kappa shape index (κ2) is 3.84. The van der Waals surface area contributed by atoms with Crippen molar-refractivity contribution in [3.63, 3.8) is 0 Å². The van der Waals surface area contributed by atoms with E-state index in [1.807, 2.05) is 0 Å². The molecule has 0 aromatic carbocycles. The van der Waals surface area contributed by atoms with Gasteiger partial charge in [-0.2, -0.15) is 0 Å². The molecule has 2 fully saturated rings. The van der Waals surface area contributed by atoms with Gasteiger partial charge in [0.15, 0.2) is 0 Å². The van der Waals surface area contributed by atoms with E-state index in [9.17, 15) is 4.79 Å². The fourth-order valence-corrected chi connectivity index (χ4v) is 3.65. The summed E-state index contributed by atoms with van der Waals surface area (Å²) in [6.07, 6.45) is 3.72. The largest absolute Gasteiger partial charge is 0.478 e. The first-order valence-corrected chi connectivity index (χ1v) is 6.31. The van der Waals surface area contributed by atoms with Gasteiger partial charge in [0.2, 0.25) is 0 Å². The zero-order valence-corrected chi connectivity index (χ0v) is 11.0. The van der Waals surface area contributed by atoms with Crippen LogP contribution < -0.4 is 0 Å². The van der Waals surface area contributed by atoms with E-state index in [0.29, 0.717) is 5.41 Å². The van der Waals surface area contributed by atoms with Crippen molar-refractivity contribution < 1.29 is 14.6 Å². The van der Waals surface area contributed by atoms with Gasteiger partial charge < -0.3 is 9.84 Å². The lowest BCUT2D eigenvalue weighted by Crippen LogP contribution is -2.37. The molecule has 0 amide bonds. The summed E-state index contributed by atoms with van der Waals surface area (Å²) in [6, 6.07) is 0. The Bertz CT molecular complexity index is 358. The van der Waals surface area contributed by atoms with Crippen molar-refractivity contribution in [2.75, 3.05) is 6.61 Å². The highest BCUT2D eigenvalue weighted by Crippen LogP contribution is 2.66. The molecule has 2 aliphatic rings. The average Bonchev–Trinajstić information content (AvgIpc) is 2.57. The van der Waals surface area contributed by atoms with Gasteiger partial charge in [0.1, 0.15) is 0 Å². The van der Waals surface area contributed by atoms with Crippen LogP contribution in [0.15, 0.2) is 12.2 Å². The van der Waals surface area contributed by atoms with Gasteiger partial charge in [0.25, 0.3) is 0 Å². The molecule has 96 valence electrons. The SMILES string of the molecule is C=C(COC1CC2CCC1(C)C2(C)C)C(=O)O. The van der Waals surface area contributed by atoms with Crippen LogP contribution in [0.1, 0.15) is 40.0 Å². The minimum atomic E-state index is -0.961. The molecule has 3 nitrogen and oxygen atoms in total. The van der Waals surface area contributed by atoms with Crippen LogP contribution in [0.25, 0.3) is 0 Å². The third kappa shape index (κ3) is 1.71. The normalized spacial score (nSPS) is 38.3. The van der Waals surface area contributed by atoms with Crippen molar-refractivity contribution in [2.45, 2.75) is 46.1 Å². The molecule has 0 heterocycles. The van der Waals surface area contributed by atoms with Crippen molar-refractivity contribution in [1.29, 1.82) is 0 Å². The standard InChI is InChI=1S/C14H22O3/c1-9(12(15)16)8-17-11-7-10-5-6-14(11,4)13(10,2)3/h10-11H,1,5-8H2,2-4H3,(H,15,16). The van der Waals surface area contributed by atoms with Crippen molar-refractivity contribution >= 4 is 5.97 Å². The molecule has 0 aromatic heterocycles. The maximum Gasteiger partial charge on any atom is 0.333 e. The number of fused-ring (bicyclic) bond motifs is 2. The summed E-state index contributed by atoms with van der Waals surface area (Å²) < 4.78 is 5.82. The highest BCUT2D eigenvalue weighted by atomic mass is 16.5. The second-order valence-electron chi connectivity index (χ2n) is 6.32. The molecule has 0 aliphatic heterocycles. The summed E-state index contributed by atoms with van der Waals surface area (Å²) in [5.74, 6) is -0.242. The van der Waals surface area contributed by atoms with Gasteiger partial charge in [-0.25, -0.2) is 4.79 Å². The molecule has 3 unspecified atom stereocenters. The van der Waals surface area contributed by atoms with E-state index < -0.39 is 5.97 Å². The number of aliphatic carboxylic acids is 1. The Morgan fingerprint density at radius 2 is 2.12 bits per heavy atom. The second-order valence-corrected chi connectivity index (χ2v) is 6.32. The minimum Gasteiger partial charge on any atom is -0.478 e. The third-order valence-corrected chi connectivity index (χ3v) is 5.48. The highest BCUT2D eigenvalue weighted by molar-refractivity contribution is 5.85. The number of carboxylic acids is 1. The van der Waals surface area contributed by atoms with Gasteiger partial charge in [0, 0.05) is 0 Å². The van der Waals surface area contributed by atoms with Crippen LogP contribution in [-0.4, -0.2) is 23.8 Å². The maximum absolute atomic E-state index is 10.7. The number of carboxylic acid groups (broad SMARTS) is 1. The lowest BCUT2D eigenvalue weighted by molar-refractivity contribution is -0.134. The lowest BCUT2D eigenvalue weighted by Gasteiger charge is -2.38. The van der Waals surface area contributed by atoms with Gasteiger partial charge in [-0.15, -0.1) is 0 Å². The van der Waals surface area contributed by atoms with Crippen molar-refractivity contribution in [3.05, 3.63) is 12.2 Å². The summed E-state index contributed by atoms with van der Waals surface area (Å²) in [5.41, 5.74) is 0.646. The van der Waals surface area contributed by atoms with E-state index in [1.165, 1.54) is 12.8 Å². The van der Waals surface area contributed by atoms with E-state index in [4.69, 9.17) is 9.84 Å². The molecule has 2 aliphatic carbocycles. The van der Waals surface area contributed by atoms with Gasteiger partial charge in [-0.05, 0) is 36.0 Å². The molecule has 2 saturated carbocycles. The fraction of sp³-hybridized carbons (Fsp3) is 0.786. The van der Waals surface area contributed by atoms with Crippen LogP contribution in [0, 0.1) is 16.7 Å². The third-order valence-electron chi connectivity index (χ3n) is 5.48. The van der Waals surface area contributed by atoms with Crippen LogP contribution in [-0.2, 0) is 9.53 Å². The molecule has 0 aromatic rings. The van der Waals surface area contributed by atoms with Crippen LogP contribution in [0.2, 0.25) is 0 Å². The number of hydrogen-bond donors (Lipinski definition) is 1. The summed E-state index contributed by atoms with van der Waals surface area (Å²) in [7, 11) is 0. The van der Waals surface area contributed by atoms with Crippen molar-refractivity contribution in [1.82, 2.24) is 0 Å². The maximum atomic E-state index is 10.7. The predicted octanol–water partition coefficient (Wildman–Crippen LogP) is 2.86. The van der Waals surface area contributed by atoms with Crippen molar-refractivity contribution in [3.8, 4) is 0 Å². The first kappa shape index (κ1) is 12.6. The Balaban J connectivity index is 2.01. The number of rotatable bonds is 4. The number of ether oxygens (including phenoxy) is 1. The van der Waals surface area contributed by atoms with Gasteiger partial charge in [-0.3, -0.25) is 0 Å². The van der Waals surface area contributed by atoms with E-state index in [0.717, 1.165) is 12.3 Å². The fourth-order valence-electron chi connectivity index (χ4n) is 3.65. The van der Waals surface area contributed by atoms with Crippen LogP contribution in [0.3, 0.4) is 0 Å². The Labute approximate surface area is 103 Å². The average molecular weight is 238 g/mol. The first-order valence-electron chi connectivity index (χ1n) is 6.31. The molecule has 0 spiro atoms. The van der Waals surface area contributed by atoms with E-state index >= 15 is 0 Å². The summed E-state index contributed by atoms with van der Waals surface area (Å²) in [5, 5.41) is 8.78. The Morgan fingerprint density at radius 3 is 2.53 bits per heavy atom. The molecular formula is C14H22O3. The molecule has 3 heteroatoms. The summed E-state index contributed by atoms with van der Waals surface area (Å²) >= 11 is 0. The predicted molar refractivity (Wildman–Crippen MR) is 65.7 cm³/mol. The molecule has 0 radical (unpaired) electrons. The summed E-state index contributed by atoms with van der Waals surface area (Å²) in [6.45, 7) is 10.6. The lowest BCUT2D eigenvalue weighted by atomic mass is 9.70. The molecule has 2 rings (SSSR count). The number of carbonyl (C=O) groups is 1. The summed E-state index contributed by atoms with van der Waals surface area (Å²) in [4.78, 5) is 10.7. The molecular weight excluding hydrogens is 216 g/mol. The zero-order chi connectivity index (χ0) is 12.8. The number of hydrogen-bond acceptors (Lipinski definition) is 2. The van der Waals surface area contributed by atoms with Crippen LogP contribution in [0.5, 0.6) is 0 Å². The Morgan fingerprint density at radius 1 is 1.47 bits per heavy atom. The Hall–Kier alpha value is -0.830. The molecule has 1 N–H and O–H groups in total.